The minimum atomic E-state index is 0.134. The SMILES string of the molecule is CC(C)=CCC/C(C)=C/CC/C(C)=C/CN1N=C(C)CCC1=O. The van der Waals surface area contributed by atoms with E-state index >= 15 is 0 Å². The topological polar surface area (TPSA) is 32.7 Å². The molecule has 0 aliphatic carbocycles. The van der Waals surface area contributed by atoms with Crippen LogP contribution in [-0.4, -0.2) is 23.2 Å². The molecule has 0 atom stereocenters. The molecule has 3 heteroatoms. The highest BCUT2D eigenvalue weighted by atomic mass is 16.2. The number of carbonyl (C=O) groups excluding carboxylic acids is 1. The van der Waals surface area contributed by atoms with Crippen molar-refractivity contribution in [1.29, 1.82) is 0 Å². The van der Waals surface area contributed by atoms with E-state index in [4.69, 9.17) is 0 Å². The third-order valence-corrected chi connectivity index (χ3v) is 4.02. The molecule has 1 amide bonds. The van der Waals surface area contributed by atoms with E-state index in [0.717, 1.165) is 37.8 Å². The van der Waals surface area contributed by atoms with Crippen LogP contribution in [0.25, 0.3) is 0 Å². The highest BCUT2D eigenvalue weighted by molar-refractivity contribution is 5.91. The van der Waals surface area contributed by atoms with Crippen molar-refractivity contribution in [3.8, 4) is 0 Å². The molecular weight excluding hydrogens is 284 g/mol. The molecule has 0 aromatic carbocycles. The van der Waals surface area contributed by atoms with Crippen molar-refractivity contribution < 1.29 is 4.79 Å². The van der Waals surface area contributed by atoms with Crippen molar-refractivity contribution in [3.63, 3.8) is 0 Å². The van der Waals surface area contributed by atoms with Crippen LogP contribution in [0.5, 0.6) is 0 Å². The van der Waals surface area contributed by atoms with E-state index in [1.807, 2.05) is 6.92 Å². The lowest BCUT2D eigenvalue weighted by molar-refractivity contribution is -0.131. The third kappa shape index (κ3) is 8.53. The zero-order chi connectivity index (χ0) is 17.2. The van der Waals surface area contributed by atoms with E-state index in [2.05, 4.69) is 51.0 Å². The number of rotatable bonds is 8. The first-order valence-corrected chi connectivity index (χ1v) is 8.67. The molecule has 0 spiro atoms. The second-order valence-corrected chi connectivity index (χ2v) is 6.77. The monoisotopic (exact) mass is 316 g/mol. The Hall–Kier alpha value is -1.64. The van der Waals surface area contributed by atoms with Crippen molar-refractivity contribution >= 4 is 11.6 Å². The fourth-order valence-electron chi connectivity index (χ4n) is 2.45. The molecule has 1 heterocycles. The zero-order valence-electron chi connectivity index (χ0n) is 15.5. The van der Waals surface area contributed by atoms with E-state index < -0.39 is 0 Å². The molecule has 128 valence electrons. The molecule has 3 nitrogen and oxygen atoms in total. The zero-order valence-corrected chi connectivity index (χ0v) is 15.5. The molecule has 1 rings (SSSR count). The number of allylic oxidation sites excluding steroid dienone is 5. The number of hydrazone groups is 1. The van der Waals surface area contributed by atoms with Gasteiger partial charge in [-0.25, -0.2) is 5.01 Å². The number of amides is 1. The molecule has 1 aliphatic heterocycles. The normalized spacial score (nSPS) is 16.5. The lowest BCUT2D eigenvalue weighted by atomic mass is 10.1. The number of hydrogen-bond donors (Lipinski definition) is 0. The van der Waals surface area contributed by atoms with E-state index in [9.17, 15) is 4.79 Å². The summed E-state index contributed by atoms with van der Waals surface area (Å²) in [6.45, 7) is 11.2. The minimum absolute atomic E-state index is 0.134. The average Bonchev–Trinajstić information content (AvgIpc) is 2.48. The maximum atomic E-state index is 11.8. The van der Waals surface area contributed by atoms with Crippen LogP contribution in [-0.2, 0) is 4.79 Å². The number of nitrogens with zero attached hydrogens (tertiary/aromatic N) is 2. The van der Waals surface area contributed by atoms with Crippen LogP contribution in [0, 0.1) is 0 Å². The van der Waals surface area contributed by atoms with E-state index in [1.54, 1.807) is 5.01 Å². The Morgan fingerprint density at radius 1 is 1.00 bits per heavy atom. The second kappa shape index (κ2) is 10.2. The van der Waals surface area contributed by atoms with Crippen molar-refractivity contribution in [3.05, 3.63) is 34.9 Å². The van der Waals surface area contributed by atoms with Crippen LogP contribution < -0.4 is 0 Å². The van der Waals surface area contributed by atoms with Gasteiger partial charge in [-0.2, -0.15) is 5.10 Å². The molecule has 0 N–H and O–H groups in total. The molecule has 0 saturated carbocycles. The fraction of sp³-hybridized carbons (Fsp3) is 0.600. The van der Waals surface area contributed by atoms with Gasteiger partial charge in [0.15, 0.2) is 0 Å². The standard InChI is InChI=1S/C20H32N2O/c1-16(2)8-6-9-17(3)10-7-11-18(4)14-15-22-20(23)13-12-19(5)21-22/h8,10,14H,6-7,9,11-13,15H2,1-5H3/b17-10+,18-14+. The molecule has 0 radical (unpaired) electrons. The third-order valence-electron chi connectivity index (χ3n) is 4.02. The molecule has 0 saturated heterocycles. The van der Waals surface area contributed by atoms with Crippen molar-refractivity contribution in [1.82, 2.24) is 5.01 Å². The van der Waals surface area contributed by atoms with Gasteiger partial charge in [0.25, 0.3) is 0 Å². The Morgan fingerprint density at radius 2 is 1.61 bits per heavy atom. The molecule has 0 bridgehead atoms. The largest absolute Gasteiger partial charge is 0.273 e. The van der Waals surface area contributed by atoms with Gasteiger partial charge in [-0.1, -0.05) is 34.9 Å². The van der Waals surface area contributed by atoms with Crippen LogP contribution in [0.2, 0.25) is 0 Å². The number of carbonyl (C=O) groups is 1. The molecule has 1 aliphatic rings. The molecule has 0 aromatic heterocycles. The summed E-state index contributed by atoms with van der Waals surface area (Å²) < 4.78 is 0. The summed E-state index contributed by atoms with van der Waals surface area (Å²) in [6, 6.07) is 0. The molecule has 0 unspecified atom stereocenters. The fourth-order valence-corrected chi connectivity index (χ4v) is 2.45. The van der Waals surface area contributed by atoms with Crippen molar-refractivity contribution in [2.45, 2.75) is 73.1 Å². The van der Waals surface area contributed by atoms with Crippen molar-refractivity contribution in [2.24, 2.45) is 5.10 Å². The van der Waals surface area contributed by atoms with Crippen LogP contribution in [0.1, 0.15) is 73.1 Å². The second-order valence-electron chi connectivity index (χ2n) is 6.77. The smallest absolute Gasteiger partial charge is 0.243 e. The lowest BCUT2D eigenvalue weighted by Crippen LogP contribution is -2.31. The van der Waals surface area contributed by atoms with Crippen LogP contribution in [0.4, 0.5) is 0 Å². The van der Waals surface area contributed by atoms with Gasteiger partial charge in [0.2, 0.25) is 5.91 Å². The van der Waals surface area contributed by atoms with Crippen LogP contribution in [0.3, 0.4) is 0 Å². The van der Waals surface area contributed by atoms with Gasteiger partial charge in [0.05, 0.1) is 6.54 Å². The summed E-state index contributed by atoms with van der Waals surface area (Å²) in [4.78, 5) is 11.8. The van der Waals surface area contributed by atoms with Gasteiger partial charge in [0.1, 0.15) is 0 Å². The number of hydrogen-bond acceptors (Lipinski definition) is 2. The Balaban J connectivity index is 2.35. The van der Waals surface area contributed by atoms with Gasteiger partial charge >= 0.3 is 0 Å². The maximum absolute atomic E-state index is 11.8. The summed E-state index contributed by atoms with van der Waals surface area (Å²) in [5, 5.41) is 5.93. The van der Waals surface area contributed by atoms with Gasteiger partial charge in [-0.15, -0.1) is 0 Å². The first-order chi connectivity index (χ1) is 10.9. The van der Waals surface area contributed by atoms with Crippen LogP contribution in [0.15, 0.2) is 40.0 Å². The van der Waals surface area contributed by atoms with Gasteiger partial charge in [-0.05, 0) is 66.7 Å². The molecule has 0 aromatic rings. The van der Waals surface area contributed by atoms with E-state index in [0.29, 0.717) is 13.0 Å². The van der Waals surface area contributed by atoms with E-state index in [-0.39, 0.29) is 5.91 Å². The summed E-state index contributed by atoms with van der Waals surface area (Å²) >= 11 is 0. The highest BCUT2D eigenvalue weighted by Gasteiger charge is 2.16. The lowest BCUT2D eigenvalue weighted by Gasteiger charge is -2.21. The predicted molar refractivity (Wildman–Crippen MR) is 99.5 cm³/mol. The Morgan fingerprint density at radius 3 is 2.26 bits per heavy atom. The molecule has 0 fully saturated rings. The Labute approximate surface area is 141 Å². The van der Waals surface area contributed by atoms with Gasteiger partial charge < -0.3 is 0 Å². The average molecular weight is 316 g/mol. The minimum Gasteiger partial charge on any atom is -0.273 e. The Kier molecular flexibility index (Phi) is 8.60. The maximum Gasteiger partial charge on any atom is 0.243 e. The van der Waals surface area contributed by atoms with Crippen LogP contribution >= 0.6 is 0 Å². The summed E-state index contributed by atoms with van der Waals surface area (Å²) in [6.07, 6.45) is 12.5. The Bertz CT molecular complexity index is 520. The quantitative estimate of drug-likeness (QED) is 0.551. The predicted octanol–water partition coefficient (Wildman–Crippen LogP) is 5.40. The summed E-state index contributed by atoms with van der Waals surface area (Å²) in [5.74, 6) is 0.134. The molecule has 23 heavy (non-hydrogen) atoms. The van der Waals surface area contributed by atoms with E-state index in [1.165, 1.54) is 16.7 Å². The summed E-state index contributed by atoms with van der Waals surface area (Å²) in [5.41, 5.74) is 5.22. The highest BCUT2D eigenvalue weighted by Crippen LogP contribution is 2.13. The summed E-state index contributed by atoms with van der Waals surface area (Å²) in [7, 11) is 0. The first-order valence-electron chi connectivity index (χ1n) is 8.67. The van der Waals surface area contributed by atoms with Crippen molar-refractivity contribution in [2.75, 3.05) is 6.54 Å². The molecular formula is C20H32N2O. The van der Waals surface area contributed by atoms with Gasteiger partial charge in [-0.3, -0.25) is 4.79 Å². The van der Waals surface area contributed by atoms with Gasteiger partial charge in [0, 0.05) is 12.1 Å². The first kappa shape index (κ1) is 19.4.